The number of amides is 1. The van der Waals surface area contributed by atoms with Crippen LogP contribution < -0.4 is 10.1 Å². The van der Waals surface area contributed by atoms with Crippen LogP contribution in [0.2, 0.25) is 0 Å². The van der Waals surface area contributed by atoms with E-state index in [1.807, 2.05) is 12.1 Å². The molecule has 0 aliphatic carbocycles. The summed E-state index contributed by atoms with van der Waals surface area (Å²) in [5.41, 5.74) is 2.20. The number of aliphatic carboxylic acids is 1. The SMILES string of the molecule is COc1ccc(F)cc1-c1ccc(CC(CC(C)C(=O)O)NC(=O)c2cc(O)no2)cc1. The highest BCUT2D eigenvalue weighted by atomic mass is 19.1. The number of aromatic nitrogens is 1. The third-order valence-corrected chi connectivity index (χ3v) is 5.02. The van der Waals surface area contributed by atoms with Crippen molar-refractivity contribution in [1.82, 2.24) is 10.5 Å². The molecular formula is C23H23FN2O6. The van der Waals surface area contributed by atoms with Gasteiger partial charge in [0.05, 0.1) is 19.1 Å². The molecule has 1 aromatic heterocycles. The highest BCUT2D eigenvalue weighted by Crippen LogP contribution is 2.31. The molecule has 8 nitrogen and oxygen atoms in total. The average Bonchev–Trinajstić information content (AvgIpc) is 3.20. The van der Waals surface area contributed by atoms with Crippen LogP contribution in [-0.4, -0.2) is 40.4 Å². The number of hydrogen-bond acceptors (Lipinski definition) is 6. The van der Waals surface area contributed by atoms with Gasteiger partial charge in [-0.25, -0.2) is 4.39 Å². The zero-order chi connectivity index (χ0) is 23.3. The third kappa shape index (κ3) is 5.63. The summed E-state index contributed by atoms with van der Waals surface area (Å²) >= 11 is 0. The molecule has 1 heterocycles. The van der Waals surface area contributed by atoms with E-state index in [1.54, 1.807) is 25.1 Å². The lowest BCUT2D eigenvalue weighted by Crippen LogP contribution is -2.38. The Kier molecular flexibility index (Phi) is 7.09. The predicted octanol–water partition coefficient (Wildman–Crippen LogP) is 3.65. The zero-order valence-corrected chi connectivity index (χ0v) is 17.5. The summed E-state index contributed by atoms with van der Waals surface area (Å²) < 4.78 is 23.8. The van der Waals surface area contributed by atoms with Gasteiger partial charge in [0.25, 0.3) is 11.8 Å². The predicted molar refractivity (Wildman–Crippen MR) is 113 cm³/mol. The molecule has 0 saturated heterocycles. The lowest BCUT2D eigenvalue weighted by molar-refractivity contribution is -0.141. The van der Waals surface area contributed by atoms with Crippen molar-refractivity contribution >= 4 is 11.9 Å². The number of hydrogen-bond donors (Lipinski definition) is 3. The molecule has 0 radical (unpaired) electrons. The first-order valence-corrected chi connectivity index (χ1v) is 9.89. The van der Waals surface area contributed by atoms with Crippen LogP contribution in [0.3, 0.4) is 0 Å². The van der Waals surface area contributed by atoms with Crippen molar-refractivity contribution in [2.45, 2.75) is 25.8 Å². The summed E-state index contributed by atoms with van der Waals surface area (Å²) in [6, 6.07) is 12.1. The molecule has 3 N–H and O–H groups in total. The Balaban J connectivity index is 1.78. The largest absolute Gasteiger partial charge is 0.496 e. The maximum absolute atomic E-state index is 13.7. The number of ether oxygens (including phenoxy) is 1. The Labute approximate surface area is 183 Å². The fraction of sp³-hybridized carbons (Fsp3) is 0.261. The first kappa shape index (κ1) is 22.8. The van der Waals surface area contributed by atoms with Crippen molar-refractivity contribution < 1.29 is 33.5 Å². The molecule has 9 heteroatoms. The number of nitrogens with one attached hydrogen (secondary N) is 1. The normalized spacial score (nSPS) is 12.7. The number of rotatable bonds is 9. The molecule has 0 bridgehead atoms. The van der Waals surface area contributed by atoms with Gasteiger partial charge in [-0.2, -0.15) is 0 Å². The molecule has 0 fully saturated rings. The fourth-order valence-corrected chi connectivity index (χ4v) is 3.36. The third-order valence-electron chi connectivity index (χ3n) is 5.02. The molecule has 32 heavy (non-hydrogen) atoms. The lowest BCUT2D eigenvalue weighted by Gasteiger charge is -2.20. The number of aromatic hydroxyl groups is 1. The summed E-state index contributed by atoms with van der Waals surface area (Å²) in [7, 11) is 1.51. The zero-order valence-electron chi connectivity index (χ0n) is 17.5. The molecule has 2 aromatic carbocycles. The van der Waals surface area contributed by atoms with E-state index < -0.39 is 29.7 Å². The maximum atomic E-state index is 13.7. The Bertz CT molecular complexity index is 1100. The fourth-order valence-electron chi connectivity index (χ4n) is 3.36. The summed E-state index contributed by atoms with van der Waals surface area (Å²) in [5, 5.41) is 24.5. The van der Waals surface area contributed by atoms with Crippen LogP contribution in [0.4, 0.5) is 4.39 Å². The summed E-state index contributed by atoms with van der Waals surface area (Å²) in [6.45, 7) is 1.56. The van der Waals surface area contributed by atoms with Crippen molar-refractivity contribution in [3.8, 4) is 22.8 Å². The highest BCUT2D eigenvalue weighted by molar-refractivity contribution is 5.91. The second kappa shape index (κ2) is 9.95. The molecule has 0 aliphatic heterocycles. The monoisotopic (exact) mass is 442 g/mol. The van der Waals surface area contributed by atoms with E-state index in [9.17, 15) is 24.2 Å². The summed E-state index contributed by atoms with van der Waals surface area (Å²) in [4.78, 5) is 23.7. The van der Waals surface area contributed by atoms with Crippen LogP contribution in [0.25, 0.3) is 11.1 Å². The summed E-state index contributed by atoms with van der Waals surface area (Å²) in [6.07, 6.45) is 0.532. The van der Waals surface area contributed by atoms with Gasteiger partial charge in [-0.3, -0.25) is 9.59 Å². The first-order chi connectivity index (χ1) is 15.3. The van der Waals surface area contributed by atoms with Gasteiger partial charge in [0.15, 0.2) is 0 Å². The van der Waals surface area contributed by atoms with Gasteiger partial charge >= 0.3 is 5.97 Å². The number of carbonyl (C=O) groups excluding carboxylic acids is 1. The van der Waals surface area contributed by atoms with Crippen molar-refractivity contribution in [3.63, 3.8) is 0 Å². The molecule has 0 saturated carbocycles. The standard InChI is InChI=1S/C23H23FN2O6/c1-13(23(29)30)9-17(25-22(28)20-12-21(27)26-32-20)10-14-3-5-15(6-4-14)18-11-16(24)7-8-19(18)31-2/h3-8,11-13,17H,9-10H2,1-2H3,(H,25,28)(H,26,27)(H,29,30). The van der Waals surface area contributed by atoms with Crippen molar-refractivity contribution in [1.29, 1.82) is 0 Å². The minimum atomic E-state index is -0.977. The van der Waals surface area contributed by atoms with Crippen molar-refractivity contribution in [2.24, 2.45) is 5.92 Å². The van der Waals surface area contributed by atoms with Gasteiger partial charge in [-0.15, -0.1) is 0 Å². The number of benzene rings is 2. The Morgan fingerprint density at radius 3 is 2.50 bits per heavy atom. The van der Waals surface area contributed by atoms with Gasteiger partial charge in [-0.05, 0) is 47.3 Å². The number of carboxylic acid groups (broad SMARTS) is 1. The minimum Gasteiger partial charge on any atom is -0.496 e. The molecule has 0 aliphatic rings. The van der Waals surface area contributed by atoms with Gasteiger partial charge in [0.1, 0.15) is 11.6 Å². The van der Waals surface area contributed by atoms with Gasteiger partial charge < -0.3 is 24.8 Å². The molecular weight excluding hydrogens is 419 g/mol. The molecule has 2 unspecified atom stereocenters. The van der Waals surface area contributed by atoms with Gasteiger partial charge in [0.2, 0.25) is 5.76 Å². The molecule has 3 aromatic rings. The van der Waals surface area contributed by atoms with E-state index in [0.717, 1.165) is 17.2 Å². The lowest BCUT2D eigenvalue weighted by atomic mass is 9.94. The van der Waals surface area contributed by atoms with Crippen LogP contribution in [0.1, 0.15) is 29.5 Å². The van der Waals surface area contributed by atoms with Crippen LogP contribution in [0, 0.1) is 11.7 Å². The highest BCUT2D eigenvalue weighted by Gasteiger charge is 2.23. The number of methoxy groups -OCH3 is 1. The quantitative estimate of drug-likeness (QED) is 0.462. The van der Waals surface area contributed by atoms with Gasteiger partial charge in [0, 0.05) is 11.6 Å². The van der Waals surface area contributed by atoms with E-state index in [0.29, 0.717) is 17.7 Å². The first-order valence-electron chi connectivity index (χ1n) is 9.89. The minimum absolute atomic E-state index is 0.177. The van der Waals surface area contributed by atoms with Crippen LogP contribution in [0.15, 0.2) is 53.1 Å². The average molecular weight is 442 g/mol. The van der Waals surface area contributed by atoms with Crippen LogP contribution >= 0.6 is 0 Å². The molecule has 3 rings (SSSR count). The molecule has 0 spiro atoms. The Morgan fingerprint density at radius 2 is 1.91 bits per heavy atom. The summed E-state index contributed by atoms with van der Waals surface area (Å²) in [5.74, 6) is -2.72. The topological polar surface area (TPSA) is 122 Å². The number of halogens is 1. The number of nitrogens with zero attached hydrogens (tertiary/aromatic N) is 1. The Morgan fingerprint density at radius 1 is 1.19 bits per heavy atom. The van der Waals surface area contributed by atoms with Crippen molar-refractivity contribution in [3.05, 3.63) is 65.7 Å². The van der Waals surface area contributed by atoms with Crippen molar-refractivity contribution in [2.75, 3.05) is 7.11 Å². The van der Waals surface area contributed by atoms with E-state index in [1.165, 1.54) is 19.2 Å². The van der Waals surface area contributed by atoms with Crippen LogP contribution in [0.5, 0.6) is 11.6 Å². The number of carbonyl (C=O) groups is 2. The van der Waals surface area contributed by atoms with E-state index in [4.69, 9.17) is 9.26 Å². The van der Waals surface area contributed by atoms with Gasteiger partial charge in [-0.1, -0.05) is 31.2 Å². The molecule has 168 valence electrons. The van der Waals surface area contributed by atoms with E-state index in [-0.39, 0.29) is 18.0 Å². The Hall–Kier alpha value is -3.88. The van der Waals surface area contributed by atoms with Crippen LogP contribution in [-0.2, 0) is 11.2 Å². The second-order valence-corrected chi connectivity index (χ2v) is 7.44. The number of carboxylic acids is 1. The second-order valence-electron chi connectivity index (χ2n) is 7.44. The molecule has 1 amide bonds. The van der Waals surface area contributed by atoms with E-state index in [2.05, 4.69) is 10.5 Å². The smallest absolute Gasteiger partial charge is 0.306 e. The van der Waals surface area contributed by atoms with E-state index >= 15 is 0 Å². The maximum Gasteiger partial charge on any atom is 0.306 e. The molecule has 2 atom stereocenters.